The van der Waals surface area contributed by atoms with Gasteiger partial charge in [0.15, 0.2) is 0 Å². The third-order valence-electron chi connectivity index (χ3n) is 3.77. The highest BCUT2D eigenvalue weighted by atomic mass is 16.5. The van der Waals surface area contributed by atoms with Crippen LogP contribution in [0, 0.1) is 5.92 Å². The molecule has 0 radical (unpaired) electrons. The van der Waals surface area contributed by atoms with E-state index in [4.69, 9.17) is 9.85 Å². The maximum atomic E-state index is 5.43. The van der Waals surface area contributed by atoms with Gasteiger partial charge in [0.1, 0.15) is 18.3 Å². The van der Waals surface area contributed by atoms with Crippen molar-refractivity contribution in [3.05, 3.63) is 23.9 Å². The third-order valence-corrected chi connectivity index (χ3v) is 3.77. The molecule has 1 aromatic heterocycles. The predicted molar refractivity (Wildman–Crippen MR) is 68.0 cm³/mol. The van der Waals surface area contributed by atoms with Gasteiger partial charge in [-0.15, -0.1) is 9.81 Å². The molecule has 4 nitrogen and oxygen atoms in total. The van der Waals surface area contributed by atoms with Gasteiger partial charge >= 0.3 is 5.82 Å². The van der Waals surface area contributed by atoms with Gasteiger partial charge in [0.05, 0.1) is 18.8 Å². The first kappa shape index (κ1) is 11.8. The maximum Gasteiger partial charge on any atom is 0.348 e. The van der Waals surface area contributed by atoms with Crippen molar-refractivity contribution in [2.45, 2.75) is 38.8 Å². The molecule has 4 heteroatoms. The molecular weight excluding hydrogens is 226 g/mol. The molecule has 96 valence electrons. The first-order chi connectivity index (χ1) is 8.77. The Labute approximate surface area is 108 Å². The Morgan fingerprint density at radius 3 is 2.83 bits per heavy atom. The summed E-state index contributed by atoms with van der Waals surface area (Å²) in [7, 11) is 0. The van der Waals surface area contributed by atoms with Crippen molar-refractivity contribution >= 4 is 5.82 Å². The van der Waals surface area contributed by atoms with Crippen molar-refractivity contribution in [2.24, 2.45) is 11.0 Å². The second-order valence-corrected chi connectivity index (χ2v) is 5.41. The molecule has 18 heavy (non-hydrogen) atoms. The molecule has 2 aliphatic heterocycles. The molecule has 2 aliphatic rings. The van der Waals surface area contributed by atoms with Crippen LogP contribution in [0.25, 0.3) is 0 Å². The van der Waals surface area contributed by atoms with E-state index in [0.29, 0.717) is 12.0 Å². The zero-order valence-electron chi connectivity index (χ0n) is 11.0. The van der Waals surface area contributed by atoms with E-state index in [1.54, 1.807) is 0 Å². The Hall–Kier alpha value is -1.29. The van der Waals surface area contributed by atoms with Crippen LogP contribution in [0.5, 0.6) is 0 Å². The summed E-state index contributed by atoms with van der Waals surface area (Å²) < 4.78 is 7.59. The molecule has 1 aromatic rings. The van der Waals surface area contributed by atoms with E-state index in [2.05, 4.69) is 29.6 Å². The van der Waals surface area contributed by atoms with Crippen molar-refractivity contribution < 1.29 is 9.43 Å². The van der Waals surface area contributed by atoms with Crippen molar-refractivity contribution in [1.29, 1.82) is 0 Å². The van der Waals surface area contributed by atoms with Crippen LogP contribution in [0.15, 0.2) is 23.4 Å². The molecule has 3 heterocycles. The molecule has 0 spiro atoms. The largest absolute Gasteiger partial charge is 0.381 e. The lowest BCUT2D eigenvalue weighted by Gasteiger charge is -2.19. The van der Waals surface area contributed by atoms with Crippen molar-refractivity contribution in [3.8, 4) is 0 Å². The Kier molecular flexibility index (Phi) is 3.12. The molecule has 0 saturated carbocycles. The average Bonchev–Trinajstić information content (AvgIpc) is 2.79. The lowest BCUT2D eigenvalue weighted by atomic mass is 9.98. The molecule has 0 amide bonds. The Bertz CT molecular complexity index is 464. The van der Waals surface area contributed by atoms with Crippen molar-refractivity contribution in [3.63, 3.8) is 0 Å². The number of hydrogen-bond donors (Lipinski definition) is 0. The van der Waals surface area contributed by atoms with E-state index in [0.717, 1.165) is 31.9 Å². The molecule has 1 atom stereocenters. The van der Waals surface area contributed by atoms with Gasteiger partial charge in [0.2, 0.25) is 0 Å². The Balaban J connectivity index is 1.96. The quantitative estimate of drug-likeness (QED) is 0.752. The minimum absolute atomic E-state index is 0.261. The first-order valence-corrected chi connectivity index (χ1v) is 6.80. The van der Waals surface area contributed by atoms with Crippen LogP contribution >= 0.6 is 0 Å². The topological polar surface area (TPSA) is 37.5 Å². The minimum atomic E-state index is 0.261. The summed E-state index contributed by atoms with van der Waals surface area (Å²) in [6.45, 7) is 6.12. The van der Waals surface area contributed by atoms with Gasteiger partial charge in [0.25, 0.3) is 0 Å². The fraction of sp³-hybridized carbons (Fsp3) is 0.643. The van der Waals surface area contributed by atoms with Gasteiger partial charge in [-0.3, -0.25) is 0 Å². The highest BCUT2D eigenvalue weighted by Crippen LogP contribution is 2.39. The number of azo groups is 2. The van der Waals surface area contributed by atoms with Crippen LogP contribution in [0.2, 0.25) is 0 Å². The second kappa shape index (κ2) is 4.76. The van der Waals surface area contributed by atoms with Gasteiger partial charge < -0.3 is 4.74 Å². The van der Waals surface area contributed by atoms with E-state index in [1.807, 2.05) is 12.3 Å². The van der Waals surface area contributed by atoms with E-state index in [-0.39, 0.29) is 6.04 Å². The molecule has 0 aliphatic carbocycles. The summed E-state index contributed by atoms with van der Waals surface area (Å²) in [6.07, 6.45) is 3.96. The molecule has 1 unspecified atom stereocenters. The summed E-state index contributed by atoms with van der Waals surface area (Å²) in [4.78, 5) is 4.54. The summed E-state index contributed by atoms with van der Waals surface area (Å²) in [5, 5.41) is 4.89. The van der Waals surface area contributed by atoms with Crippen LogP contribution in [0.3, 0.4) is 0 Å². The van der Waals surface area contributed by atoms with Gasteiger partial charge in [0, 0.05) is 12.8 Å². The standard InChI is InChI=1S/C14H20N3O/c1-10(2)13-12-4-3-7-15-14(12)17(16-13)11-5-8-18-9-6-11/h3-4,7,10-11,13H,5-6,8-9H2,1-2H3/q+1. The summed E-state index contributed by atoms with van der Waals surface area (Å²) >= 11 is 0. The highest BCUT2D eigenvalue weighted by Gasteiger charge is 2.38. The molecule has 0 bridgehead atoms. The lowest BCUT2D eigenvalue weighted by molar-refractivity contribution is -0.558. The van der Waals surface area contributed by atoms with Crippen LogP contribution < -0.4 is 0 Å². The fourth-order valence-corrected chi connectivity index (χ4v) is 2.77. The van der Waals surface area contributed by atoms with Crippen LogP contribution in [-0.2, 0) is 4.74 Å². The first-order valence-electron chi connectivity index (χ1n) is 6.80. The van der Waals surface area contributed by atoms with Crippen molar-refractivity contribution in [1.82, 2.24) is 4.98 Å². The van der Waals surface area contributed by atoms with Crippen LogP contribution in [0.4, 0.5) is 5.82 Å². The zero-order chi connectivity index (χ0) is 12.5. The number of fused-ring (bicyclic) bond motifs is 1. The predicted octanol–water partition coefficient (Wildman–Crippen LogP) is 3.07. The van der Waals surface area contributed by atoms with Crippen LogP contribution in [-0.4, -0.2) is 28.9 Å². The zero-order valence-corrected chi connectivity index (χ0v) is 11.0. The van der Waals surface area contributed by atoms with Crippen LogP contribution in [0.1, 0.15) is 38.3 Å². The Morgan fingerprint density at radius 1 is 1.33 bits per heavy atom. The molecular formula is C14H20N3O+. The average molecular weight is 246 g/mol. The second-order valence-electron chi connectivity index (χ2n) is 5.41. The number of aromatic nitrogens is 1. The highest BCUT2D eigenvalue weighted by molar-refractivity contribution is 5.36. The van der Waals surface area contributed by atoms with E-state index in [1.165, 1.54) is 5.56 Å². The van der Waals surface area contributed by atoms with Gasteiger partial charge in [-0.1, -0.05) is 13.8 Å². The normalized spacial score (nSPS) is 24.2. The molecule has 0 N–H and O–H groups in total. The summed E-state index contributed by atoms with van der Waals surface area (Å²) in [5.74, 6) is 1.57. The molecule has 1 saturated heterocycles. The number of hydrogen-bond acceptors (Lipinski definition) is 3. The van der Waals surface area contributed by atoms with Gasteiger partial charge in [-0.2, -0.15) is 0 Å². The number of nitrogens with zero attached hydrogens (tertiary/aromatic N) is 3. The summed E-state index contributed by atoms with van der Waals surface area (Å²) in [6, 6.07) is 4.89. The number of ether oxygens (including phenoxy) is 1. The van der Waals surface area contributed by atoms with Crippen molar-refractivity contribution in [2.75, 3.05) is 13.2 Å². The van der Waals surface area contributed by atoms with Gasteiger partial charge in [-0.05, 0) is 23.0 Å². The monoisotopic (exact) mass is 246 g/mol. The summed E-state index contributed by atoms with van der Waals surface area (Å²) in [5.41, 5.74) is 1.28. The fourth-order valence-electron chi connectivity index (χ4n) is 2.77. The van der Waals surface area contributed by atoms with E-state index >= 15 is 0 Å². The molecule has 1 fully saturated rings. The smallest absolute Gasteiger partial charge is 0.348 e. The van der Waals surface area contributed by atoms with E-state index in [9.17, 15) is 0 Å². The minimum Gasteiger partial charge on any atom is -0.381 e. The molecule has 3 rings (SSSR count). The third kappa shape index (κ3) is 1.94. The lowest BCUT2D eigenvalue weighted by Crippen LogP contribution is -2.28. The molecule has 0 aromatic carbocycles. The van der Waals surface area contributed by atoms with Gasteiger partial charge in [-0.25, -0.2) is 0 Å². The maximum absolute atomic E-state index is 5.43. The number of pyridine rings is 1. The van der Waals surface area contributed by atoms with E-state index < -0.39 is 0 Å². The SMILES string of the molecule is CC(C)C1N=[N+](C2CCOCC2)c2ncccc21. The Morgan fingerprint density at radius 2 is 2.11 bits per heavy atom. The number of rotatable bonds is 2.